The van der Waals surface area contributed by atoms with Gasteiger partial charge in [-0.2, -0.15) is 0 Å². The molecule has 142 valence electrons. The second-order valence-electron chi connectivity index (χ2n) is 6.03. The number of ether oxygens (including phenoxy) is 1. The first kappa shape index (κ1) is 20.7. The molecule has 2 aromatic carbocycles. The van der Waals surface area contributed by atoms with Crippen LogP contribution in [0.25, 0.3) is 0 Å². The van der Waals surface area contributed by atoms with Gasteiger partial charge in [0.2, 0.25) is 0 Å². The van der Waals surface area contributed by atoms with Gasteiger partial charge in [-0.05, 0) is 35.9 Å². The van der Waals surface area contributed by atoms with Gasteiger partial charge >= 0.3 is 5.97 Å². The minimum atomic E-state index is -1.59. The van der Waals surface area contributed by atoms with Crippen molar-refractivity contribution >= 4 is 11.9 Å². The Morgan fingerprint density at radius 3 is 2.39 bits per heavy atom. The standard InChI is InChI=1S/C23H20FNO3/c1-4-15-23(22(27)28-3,17-18-11-13-20(24)14-12-18)25(16-5-2)21(26)19-9-7-6-8-10-19/h2,6-15H,1,16-17H2,3H3/t23-/m0/s1. The van der Waals surface area contributed by atoms with Crippen LogP contribution in [0.15, 0.2) is 73.0 Å². The summed E-state index contributed by atoms with van der Waals surface area (Å²) in [5, 5.41) is 0. The smallest absolute Gasteiger partial charge is 0.336 e. The summed E-state index contributed by atoms with van der Waals surface area (Å²) in [4.78, 5) is 27.4. The molecule has 0 unspecified atom stereocenters. The third-order valence-electron chi connectivity index (χ3n) is 4.26. The molecule has 0 saturated heterocycles. The molecule has 28 heavy (non-hydrogen) atoms. The number of terminal acetylenes is 1. The zero-order chi connectivity index (χ0) is 20.6. The van der Waals surface area contributed by atoms with Crippen molar-refractivity contribution in [3.05, 3.63) is 89.9 Å². The highest BCUT2D eigenvalue weighted by Crippen LogP contribution is 2.27. The van der Waals surface area contributed by atoms with Crippen LogP contribution in [0.3, 0.4) is 0 Å². The average Bonchev–Trinajstić information content (AvgIpc) is 2.72. The van der Waals surface area contributed by atoms with Crippen molar-refractivity contribution in [2.75, 3.05) is 13.7 Å². The summed E-state index contributed by atoms with van der Waals surface area (Å²) in [7, 11) is 1.22. The Morgan fingerprint density at radius 2 is 1.86 bits per heavy atom. The van der Waals surface area contributed by atoms with Crippen LogP contribution in [0.1, 0.15) is 15.9 Å². The van der Waals surface area contributed by atoms with Crippen LogP contribution in [0, 0.1) is 18.2 Å². The van der Waals surface area contributed by atoms with E-state index in [2.05, 4.69) is 18.2 Å². The van der Waals surface area contributed by atoms with E-state index in [1.165, 1.54) is 42.4 Å². The minimum Gasteiger partial charge on any atom is -0.467 e. The second kappa shape index (κ2) is 9.36. The van der Waals surface area contributed by atoms with Gasteiger partial charge in [0.15, 0.2) is 5.54 Å². The lowest BCUT2D eigenvalue weighted by atomic mass is 9.87. The maximum absolute atomic E-state index is 13.3. The quantitative estimate of drug-likeness (QED) is 0.422. The molecule has 0 aliphatic rings. The van der Waals surface area contributed by atoms with Gasteiger partial charge in [0.25, 0.3) is 5.91 Å². The zero-order valence-corrected chi connectivity index (χ0v) is 15.5. The lowest BCUT2D eigenvalue weighted by Crippen LogP contribution is -2.58. The fraction of sp³-hybridized carbons (Fsp3) is 0.174. The summed E-state index contributed by atoms with van der Waals surface area (Å²) in [6, 6.07) is 14.1. The molecule has 0 aromatic heterocycles. The summed E-state index contributed by atoms with van der Waals surface area (Å²) in [6.07, 6.45) is 6.88. The van der Waals surface area contributed by atoms with E-state index in [-0.39, 0.29) is 13.0 Å². The number of esters is 1. The second-order valence-corrected chi connectivity index (χ2v) is 6.03. The van der Waals surface area contributed by atoms with E-state index >= 15 is 0 Å². The Bertz CT molecular complexity index is 925. The molecule has 0 fully saturated rings. The van der Waals surface area contributed by atoms with Gasteiger partial charge in [-0.25, -0.2) is 9.18 Å². The Hall–Kier alpha value is -3.61. The van der Waals surface area contributed by atoms with E-state index < -0.39 is 23.2 Å². The van der Waals surface area contributed by atoms with Crippen LogP contribution in [-0.2, 0) is 16.0 Å². The van der Waals surface area contributed by atoms with Crippen LogP contribution in [-0.4, -0.2) is 36.0 Å². The van der Waals surface area contributed by atoms with Gasteiger partial charge in [0.1, 0.15) is 5.82 Å². The summed E-state index contributed by atoms with van der Waals surface area (Å²) in [5.74, 6) is 0.867. The van der Waals surface area contributed by atoms with Crippen LogP contribution in [0.4, 0.5) is 4.39 Å². The maximum Gasteiger partial charge on any atom is 0.336 e. The van der Waals surface area contributed by atoms with Crippen molar-refractivity contribution < 1.29 is 18.7 Å². The number of halogens is 1. The predicted molar refractivity (Wildman–Crippen MR) is 105 cm³/mol. The molecule has 0 heterocycles. The molecule has 5 heteroatoms. The normalized spacial score (nSPS) is 12.0. The highest BCUT2D eigenvalue weighted by atomic mass is 19.1. The van der Waals surface area contributed by atoms with E-state index in [0.717, 1.165) is 0 Å². The van der Waals surface area contributed by atoms with Crippen molar-refractivity contribution in [3.8, 4) is 12.3 Å². The highest BCUT2D eigenvalue weighted by Gasteiger charge is 2.46. The van der Waals surface area contributed by atoms with Crippen LogP contribution < -0.4 is 0 Å². The Balaban J connectivity index is 2.63. The van der Waals surface area contributed by atoms with Crippen molar-refractivity contribution in [1.29, 1.82) is 0 Å². The van der Waals surface area contributed by atoms with Gasteiger partial charge in [-0.15, -0.1) is 12.2 Å². The van der Waals surface area contributed by atoms with Crippen molar-refractivity contribution in [3.63, 3.8) is 0 Å². The predicted octanol–water partition coefficient (Wildman–Crippen LogP) is 3.40. The SMILES string of the molecule is C#CCN(C(=O)c1ccccc1)[C@@](C=C=C)(Cc1ccc(F)cc1)C(=O)OC. The molecule has 1 atom stereocenters. The molecule has 0 aliphatic heterocycles. The molecular weight excluding hydrogens is 357 g/mol. The van der Waals surface area contributed by atoms with Crippen molar-refractivity contribution in [2.45, 2.75) is 12.0 Å². The molecule has 2 rings (SSSR count). The number of methoxy groups -OCH3 is 1. The topological polar surface area (TPSA) is 46.6 Å². The van der Waals surface area contributed by atoms with Crippen LogP contribution >= 0.6 is 0 Å². The van der Waals surface area contributed by atoms with Gasteiger partial charge in [0.05, 0.1) is 13.7 Å². The number of carbonyl (C=O) groups excluding carboxylic acids is 2. The third kappa shape index (κ3) is 4.37. The minimum absolute atomic E-state index is 0.0166. The van der Waals surface area contributed by atoms with Gasteiger partial charge in [-0.3, -0.25) is 4.79 Å². The van der Waals surface area contributed by atoms with Gasteiger partial charge < -0.3 is 9.64 Å². The lowest BCUT2D eigenvalue weighted by Gasteiger charge is -2.38. The first-order valence-corrected chi connectivity index (χ1v) is 8.49. The van der Waals surface area contributed by atoms with E-state index in [1.54, 1.807) is 30.3 Å². The number of carbonyl (C=O) groups is 2. The Labute approximate surface area is 163 Å². The summed E-state index contributed by atoms with van der Waals surface area (Å²) in [5.41, 5.74) is 1.97. The van der Waals surface area contributed by atoms with Crippen LogP contribution in [0.5, 0.6) is 0 Å². The van der Waals surface area contributed by atoms with Crippen molar-refractivity contribution in [1.82, 2.24) is 4.90 Å². The number of nitrogens with zero attached hydrogens (tertiary/aromatic N) is 1. The van der Waals surface area contributed by atoms with E-state index in [1.807, 2.05) is 0 Å². The third-order valence-corrected chi connectivity index (χ3v) is 4.26. The number of rotatable bonds is 7. The van der Waals surface area contributed by atoms with Gasteiger partial charge in [0, 0.05) is 12.0 Å². The number of hydrogen-bond donors (Lipinski definition) is 0. The fourth-order valence-corrected chi connectivity index (χ4v) is 2.95. The Kier molecular flexibility index (Phi) is 6.92. The molecule has 0 spiro atoms. The first-order valence-electron chi connectivity index (χ1n) is 8.49. The first-order chi connectivity index (χ1) is 13.5. The zero-order valence-electron chi connectivity index (χ0n) is 15.5. The highest BCUT2D eigenvalue weighted by molar-refractivity contribution is 5.99. The summed E-state index contributed by atoms with van der Waals surface area (Å²) >= 11 is 0. The molecule has 4 nitrogen and oxygen atoms in total. The van der Waals surface area contributed by atoms with E-state index in [9.17, 15) is 14.0 Å². The summed E-state index contributed by atoms with van der Waals surface area (Å²) < 4.78 is 18.3. The average molecular weight is 377 g/mol. The van der Waals surface area contributed by atoms with Crippen LogP contribution in [0.2, 0.25) is 0 Å². The molecule has 0 bridgehead atoms. The molecule has 0 saturated carbocycles. The number of amides is 1. The van der Waals surface area contributed by atoms with Gasteiger partial charge in [-0.1, -0.05) is 42.8 Å². The summed E-state index contributed by atoms with van der Waals surface area (Å²) in [6.45, 7) is 3.40. The molecule has 2 aromatic rings. The maximum atomic E-state index is 13.3. The monoisotopic (exact) mass is 377 g/mol. The number of benzene rings is 2. The molecule has 1 amide bonds. The largest absolute Gasteiger partial charge is 0.467 e. The molecule has 0 radical (unpaired) electrons. The fourth-order valence-electron chi connectivity index (χ4n) is 2.95. The Morgan fingerprint density at radius 1 is 1.21 bits per heavy atom. The molecular formula is C23H20FNO3. The number of hydrogen-bond acceptors (Lipinski definition) is 3. The van der Waals surface area contributed by atoms with E-state index in [0.29, 0.717) is 11.1 Å². The molecule has 0 aliphatic carbocycles. The van der Waals surface area contributed by atoms with E-state index in [4.69, 9.17) is 11.2 Å². The lowest BCUT2D eigenvalue weighted by molar-refractivity contribution is -0.150. The van der Waals surface area contributed by atoms with Crippen molar-refractivity contribution in [2.24, 2.45) is 0 Å². The molecule has 0 N–H and O–H groups in total.